The fourth-order valence-electron chi connectivity index (χ4n) is 1.80. The van der Waals surface area contributed by atoms with Gasteiger partial charge in [0.2, 0.25) is 0 Å². The molecule has 0 unspecified atom stereocenters. The number of nitrogens with one attached hydrogen (secondary N) is 1. The van der Waals surface area contributed by atoms with Gasteiger partial charge in [0.15, 0.2) is 0 Å². The third kappa shape index (κ3) is 3.49. The molecule has 1 heterocycles. The van der Waals surface area contributed by atoms with E-state index < -0.39 is 0 Å². The van der Waals surface area contributed by atoms with Crippen molar-refractivity contribution in [3.05, 3.63) is 34.9 Å². The number of benzene rings is 1. The van der Waals surface area contributed by atoms with Crippen LogP contribution in [0.3, 0.4) is 0 Å². The minimum Gasteiger partial charge on any atom is -0.375 e. The summed E-state index contributed by atoms with van der Waals surface area (Å²) in [5.41, 5.74) is 1.18. The Morgan fingerprint density at radius 3 is 2.80 bits per heavy atom. The van der Waals surface area contributed by atoms with Crippen LogP contribution in [0, 0.1) is 0 Å². The summed E-state index contributed by atoms with van der Waals surface area (Å²) >= 11 is 5.80. The molecule has 1 N–H and O–H groups in total. The van der Waals surface area contributed by atoms with Crippen molar-refractivity contribution in [1.82, 2.24) is 5.32 Å². The summed E-state index contributed by atoms with van der Waals surface area (Å²) in [7, 11) is 0. The van der Waals surface area contributed by atoms with Crippen LogP contribution in [-0.4, -0.2) is 19.2 Å². The Morgan fingerprint density at radius 2 is 2.13 bits per heavy atom. The Labute approximate surface area is 95.6 Å². The molecule has 0 aromatic heterocycles. The molecule has 1 aromatic rings. The van der Waals surface area contributed by atoms with Crippen molar-refractivity contribution in [2.45, 2.75) is 25.5 Å². The smallest absolute Gasteiger partial charge is 0.0717 e. The molecule has 1 aromatic carbocycles. The van der Waals surface area contributed by atoms with Crippen LogP contribution in [-0.2, 0) is 11.3 Å². The summed E-state index contributed by atoms with van der Waals surface area (Å²) in [6.45, 7) is 2.62. The summed E-state index contributed by atoms with van der Waals surface area (Å²) in [6.07, 6.45) is 2.51. The van der Waals surface area contributed by atoms with Gasteiger partial charge < -0.3 is 10.1 Å². The van der Waals surface area contributed by atoms with E-state index in [4.69, 9.17) is 16.3 Å². The van der Waals surface area contributed by atoms with Crippen LogP contribution in [0.15, 0.2) is 24.3 Å². The molecule has 82 valence electrons. The van der Waals surface area contributed by atoms with Gasteiger partial charge in [-0.3, -0.25) is 0 Å². The lowest BCUT2D eigenvalue weighted by Gasteiger charge is -2.10. The second kappa shape index (κ2) is 5.50. The van der Waals surface area contributed by atoms with Gasteiger partial charge in [-0.1, -0.05) is 23.7 Å². The van der Waals surface area contributed by atoms with Crippen molar-refractivity contribution in [3.8, 4) is 0 Å². The van der Waals surface area contributed by atoms with Crippen LogP contribution in [0.1, 0.15) is 18.4 Å². The molecule has 1 saturated heterocycles. The van der Waals surface area contributed by atoms with E-state index in [0.29, 0.717) is 12.6 Å². The van der Waals surface area contributed by atoms with E-state index in [1.54, 1.807) is 0 Å². The molecule has 0 amide bonds. The maximum atomic E-state index is 5.80. The fourth-order valence-corrected chi connectivity index (χ4v) is 1.92. The summed E-state index contributed by atoms with van der Waals surface area (Å²) in [4.78, 5) is 0. The molecule has 3 heteroatoms. The minimum absolute atomic E-state index is 0.553. The molecule has 1 fully saturated rings. The monoisotopic (exact) mass is 225 g/mol. The average molecular weight is 226 g/mol. The van der Waals surface area contributed by atoms with Crippen molar-refractivity contribution >= 4 is 11.6 Å². The molecule has 0 radical (unpaired) electrons. The SMILES string of the molecule is Clc1ccc(COC[C@@H]2CCCN2)cc1. The molecule has 0 saturated carbocycles. The van der Waals surface area contributed by atoms with Crippen LogP contribution in [0.2, 0.25) is 5.02 Å². The van der Waals surface area contributed by atoms with Gasteiger partial charge in [-0.15, -0.1) is 0 Å². The molecular weight excluding hydrogens is 210 g/mol. The quantitative estimate of drug-likeness (QED) is 0.851. The predicted molar refractivity (Wildman–Crippen MR) is 62.1 cm³/mol. The Morgan fingerprint density at radius 1 is 1.33 bits per heavy atom. The molecule has 0 spiro atoms. The summed E-state index contributed by atoms with van der Waals surface area (Å²) < 4.78 is 5.64. The maximum absolute atomic E-state index is 5.80. The Hall–Kier alpha value is -0.570. The van der Waals surface area contributed by atoms with Crippen molar-refractivity contribution in [2.75, 3.05) is 13.2 Å². The zero-order valence-corrected chi connectivity index (χ0v) is 9.46. The number of rotatable bonds is 4. The number of ether oxygens (including phenoxy) is 1. The van der Waals surface area contributed by atoms with E-state index in [0.717, 1.165) is 18.2 Å². The first-order chi connectivity index (χ1) is 7.34. The van der Waals surface area contributed by atoms with Crippen LogP contribution < -0.4 is 5.32 Å². The van der Waals surface area contributed by atoms with E-state index in [1.165, 1.54) is 18.4 Å². The highest BCUT2D eigenvalue weighted by molar-refractivity contribution is 6.30. The third-order valence-electron chi connectivity index (χ3n) is 2.66. The van der Waals surface area contributed by atoms with Gasteiger partial charge in [0.05, 0.1) is 13.2 Å². The lowest BCUT2D eigenvalue weighted by molar-refractivity contribution is 0.103. The van der Waals surface area contributed by atoms with Crippen molar-refractivity contribution in [3.63, 3.8) is 0 Å². The molecule has 1 atom stereocenters. The maximum Gasteiger partial charge on any atom is 0.0717 e. The first-order valence-electron chi connectivity index (χ1n) is 5.40. The highest BCUT2D eigenvalue weighted by Crippen LogP contribution is 2.11. The largest absolute Gasteiger partial charge is 0.375 e. The second-order valence-electron chi connectivity index (χ2n) is 3.93. The fraction of sp³-hybridized carbons (Fsp3) is 0.500. The van der Waals surface area contributed by atoms with Crippen molar-refractivity contribution in [2.24, 2.45) is 0 Å². The molecule has 1 aliphatic rings. The third-order valence-corrected chi connectivity index (χ3v) is 2.92. The number of hydrogen-bond donors (Lipinski definition) is 1. The van der Waals surface area contributed by atoms with Crippen molar-refractivity contribution in [1.29, 1.82) is 0 Å². The van der Waals surface area contributed by atoms with Gasteiger partial charge in [-0.2, -0.15) is 0 Å². The zero-order chi connectivity index (χ0) is 10.5. The number of hydrogen-bond acceptors (Lipinski definition) is 2. The Balaban J connectivity index is 1.71. The van der Waals surface area contributed by atoms with E-state index in [2.05, 4.69) is 5.32 Å². The van der Waals surface area contributed by atoms with E-state index >= 15 is 0 Å². The summed E-state index contributed by atoms with van der Waals surface area (Å²) in [6, 6.07) is 8.36. The van der Waals surface area contributed by atoms with Crippen LogP contribution in [0.5, 0.6) is 0 Å². The second-order valence-corrected chi connectivity index (χ2v) is 4.37. The highest BCUT2D eigenvalue weighted by atomic mass is 35.5. The van der Waals surface area contributed by atoms with Gasteiger partial charge >= 0.3 is 0 Å². The van der Waals surface area contributed by atoms with E-state index in [-0.39, 0.29) is 0 Å². The van der Waals surface area contributed by atoms with Crippen LogP contribution in [0.25, 0.3) is 0 Å². The lowest BCUT2D eigenvalue weighted by Crippen LogP contribution is -2.26. The molecule has 2 nitrogen and oxygen atoms in total. The van der Waals surface area contributed by atoms with Crippen molar-refractivity contribution < 1.29 is 4.74 Å². The minimum atomic E-state index is 0.553. The van der Waals surface area contributed by atoms with Gasteiger partial charge in [0, 0.05) is 11.1 Å². The van der Waals surface area contributed by atoms with Gasteiger partial charge in [-0.25, -0.2) is 0 Å². The molecule has 0 aliphatic carbocycles. The topological polar surface area (TPSA) is 21.3 Å². The highest BCUT2D eigenvalue weighted by Gasteiger charge is 2.13. The Kier molecular flexibility index (Phi) is 4.01. The first kappa shape index (κ1) is 10.9. The molecule has 2 rings (SSSR count). The van der Waals surface area contributed by atoms with Gasteiger partial charge in [0.25, 0.3) is 0 Å². The molecular formula is C12H16ClNO. The van der Waals surface area contributed by atoms with E-state index in [1.807, 2.05) is 24.3 Å². The first-order valence-corrected chi connectivity index (χ1v) is 5.78. The number of halogens is 1. The molecule has 1 aliphatic heterocycles. The van der Waals surface area contributed by atoms with Crippen LogP contribution >= 0.6 is 11.6 Å². The lowest BCUT2D eigenvalue weighted by atomic mass is 10.2. The van der Waals surface area contributed by atoms with E-state index in [9.17, 15) is 0 Å². The summed E-state index contributed by atoms with van der Waals surface area (Å²) in [5.74, 6) is 0. The summed E-state index contributed by atoms with van der Waals surface area (Å²) in [5, 5.41) is 4.18. The Bertz CT molecular complexity index is 293. The standard InChI is InChI=1S/C12H16ClNO/c13-11-5-3-10(4-6-11)8-15-9-12-2-1-7-14-12/h3-6,12,14H,1-2,7-9H2/t12-/m0/s1. The zero-order valence-electron chi connectivity index (χ0n) is 8.71. The van der Waals surface area contributed by atoms with Gasteiger partial charge in [-0.05, 0) is 37.1 Å². The van der Waals surface area contributed by atoms with Crippen LogP contribution in [0.4, 0.5) is 0 Å². The molecule has 15 heavy (non-hydrogen) atoms. The van der Waals surface area contributed by atoms with Gasteiger partial charge in [0.1, 0.15) is 0 Å². The average Bonchev–Trinajstić information content (AvgIpc) is 2.74. The normalized spacial score (nSPS) is 20.7. The molecule has 0 bridgehead atoms. The predicted octanol–water partition coefficient (Wildman–Crippen LogP) is 2.61.